The minimum Gasteiger partial charge on any atom is -0.497 e. The zero-order chi connectivity index (χ0) is 25.9. The summed E-state index contributed by atoms with van der Waals surface area (Å²) in [7, 11) is 5.51. The quantitative estimate of drug-likeness (QED) is 0.367. The van der Waals surface area contributed by atoms with Crippen LogP contribution in [0.5, 0.6) is 5.75 Å². The van der Waals surface area contributed by atoms with Crippen molar-refractivity contribution in [3.63, 3.8) is 0 Å². The molecule has 1 amide bonds. The molecule has 0 saturated heterocycles. The van der Waals surface area contributed by atoms with Crippen molar-refractivity contribution in [3.8, 4) is 5.75 Å². The molecule has 1 saturated carbocycles. The van der Waals surface area contributed by atoms with Gasteiger partial charge in [-0.2, -0.15) is 4.98 Å². The van der Waals surface area contributed by atoms with E-state index in [0.717, 1.165) is 47.8 Å². The molecule has 0 radical (unpaired) electrons. The Bertz CT molecular complexity index is 1490. The number of hydrogen-bond donors (Lipinski definition) is 2. The van der Waals surface area contributed by atoms with Crippen molar-refractivity contribution in [2.24, 2.45) is 0 Å². The third-order valence-electron chi connectivity index (χ3n) is 6.82. The summed E-state index contributed by atoms with van der Waals surface area (Å²) < 4.78 is 10.5. The maximum absolute atomic E-state index is 12.8. The van der Waals surface area contributed by atoms with Crippen LogP contribution in [0.4, 0.5) is 11.8 Å². The molecule has 2 N–H and O–H groups in total. The Morgan fingerprint density at radius 2 is 1.78 bits per heavy atom. The average molecular weight is 502 g/mol. The van der Waals surface area contributed by atoms with Gasteiger partial charge in [-0.1, -0.05) is 12.1 Å². The van der Waals surface area contributed by atoms with Gasteiger partial charge in [0.15, 0.2) is 0 Å². The fourth-order valence-electron chi connectivity index (χ4n) is 4.97. The lowest BCUT2D eigenvalue weighted by Crippen LogP contribution is -2.41. The summed E-state index contributed by atoms with van der Waals surface area (Å²) in [4.78, 5) is 36.3. The van der Waals surface area contributed by atoms with Gasteiger partial charge in [-0.15, -0.1) is 0 Å². The number of nitrogens with zero attached hydrogens (tertiary/aromatic N) is 3. The van der Waals surface area contributed by atoms with Crippen molar-refractivity contribution >= 4 is 39.5 Å². The fourth-order valence-corrected chi connectivity index (χ4v) is 4.97. The van der Waals surface area contributed by atoms with E-state index in [2.05, 4.69) is 10.6 Å². The van der Waals surface area contributed by atoms with Crippen LogP contribution in [0, 0.1) is 0 Å². The van der Waals surface area contributed by atoms with Crippen LogP contribution in [0.15, 0.2) is 57.7 Å². The number of anilines is 2. The Balaban J connectivity index is 1.20. The Morgan fingerprint density at radius 3 is 2.54 bits per heavy atom. The molecule has 2 aromatic carbocycles. The predicted molar refractivity (Wildman–Crippen MR) is 144 cm³/mol. The molecule has 1 fully saturated rings. The third-order valence-corrected chi connectivity index (χ3v) is 6.82. The maximum atomic E-state index is 12.8. The zero-order valence-corrected chi connectivity index (χ0v) is 21.3. The summed E-state index contributed by atoms with van der Waals surface area (Å²) in [6, 6.07) is 15.0. The molecule has 0 aliphatic heterocycles. The van der Waals surface area contributed by atoms with Gasteiger partial charge in [-0.05, 0) is 55.5 Å². The first-order valence-electron chi connectivity index (χ1n) is 12.5. The Kier molecular flexibility index (Phi) is 6.94. The maximum Gasteiger partial charge on any atom is 0.336 e. The molecular weight excluding hydrogens is 470 g/mol. The van der Waals surface area contributed by atoms with Gasteiger partial charge in [0.2, 0.25) is 11.9 Å². The number of hydrogen-bond acceptors (Lipinski definition) is 8. The van der Waals surface area contributed by atoms with Crippen LogP contribution in [0.25, 0.3) is 21.9 Å². The number of rotatable bonds is 7. The molecule has 0 spiro atoms. The number of carbonyl (C=O) groups is 1. The molecule has 0 unspecified atom stereocenters. The first-order valence-corrected chi connectivity index (χ1v) is 12.5. The molecule has 4 aromatic rings. The highest BCUT2D eigenvalue weighted by molar-refractivity contribution is 5.90. The molecule has 2 heterocycles. The van der Waals surface area contributed by atoms with Gasteiger partial charge in [-0.25, -0.2) is 9.78 Å². The van der Waals surface area contributed by atoms with Gasteiger partial charge in [0.25, 0.3) is 0 Å². The van der Waals surface area contributed by atoms with Crippen LogP contribution in [-0.4, -0.2) is 49.2 Å². The van der Waals surface area contributed by atoms with E-state index in [1.165, 1.54) is 6.07 Å². The van der Waals surface area contributed by atoms with Crippen LogP contribution < -0.4 is 25.9 Å². The average Bonchev–Trinajstić information content (AvgIpc) is 2.88. The summed E-state index contributed by atoms with van der Waals surface area (Å²) in [6.45, 7) is 0. The van der Waals surface area contributed by atoms with Gasteiger partial charge in [0.1, 0.15) is 17.2 Å². The zero-order valence-electron chi connectivity index (χ0n) is 21.3. The van der Waals surface area contributed by atoms with Crippen molar-refractivity contribution in [1.82, 2.24) is 15.3 Å². The molecular formula is C28H31N5O4. The smallest absolute Gasteiger partial charge is 0.336 e. The van der Waals surface area contributed by atoms with Gasteiger partial charge < -0.3 is 24.7 Å². The summed E-state index contributed by atoms with van der Waals surface area (Å²) in [5.74, 6) is 2.00. The highest BCUT2D eigenvalue weighted by Gasteiger charge is 2.24. The lowest BCUT2D eigenvalue weighted by Gasteiger charge is -2.30. The van der Waals surface area contributed by atoms with Crippen LogP contribution in [0.3, 0.4) is 0 Å². The molecule has 5 rings (SSSR count). The number of nitrogens with one attached hydrogen (secondary N) is 2. The summed E-state index contributed by atoms with van der Waals surface area (Å²) in [5.41, 5.74) is 1.48. The van der Waals surface area contributed by atoms with Crippen LogP contribution >= 0.6 is 0 Å². The lowest BCUT2D eigenvalue weighted by atomic mass is 9.91. The Labute approximate surface area is 214 Å². The van der Waals surface area contributed by atoms with E-state index in [1.807, 2.05) is 49.3 Å². The fraction of sp³-hybridized carbons (Fsp3) is 0.357. The molecule has 0 bridgehead atoms. The molecule has 1 aliphatic rings. The molecule has 0 atom stereocenters. The normalized spacial score (nSPS) is 17.5. The second-order valence-electron chi connectivity index (χ2n) is 9.67. The number of carbonyl (C=O) groups excluding carboxylic acids is 1. The van der Waals surface area contributed by atoms with Gasteiger partial charge >= 0.3 is 5.63 Å². The first-order chi connectivity index (χ1) is 17.9. The second-order valence-corrected chi connectivity index (χ2v) is 9.67. The number of fused-ring (bicyclic) bond motifs is 2. The predicted octanol–water partition coefficient (Wildman–Crippen LogP) is 3.89. The van der Waals surface area contributed by atoms with E-state index in [4.69, 9.17) is 19.1 Å². The number of ether oxygens (including phenoxy) is 1. The Hall–Kier alpha value is -4.14. The minimum atomic E-state index is -0.483. The van der Waals surface area contributed by atoms with Gasteiger partial charge in [0, 0.05) is 49.1 Å². The van der Waals surface area contributed by atoms with E-state index >= 15 is 0 Å². The largest absolute Gasteiger partial charge is 0.497 e. The first kappa shape index (κ1) is 24.5. The third kappa shape index (κ3) is 5.50. The molecule has 192 valence electrons. The number of methoxy groups -OCH3 is 1. The van der Waals surface area contributed by atoms with E-state index in [-0.39, 0.29) is 24.4 Å². The molecule has 37 heavy (non-hydrogen) atoms. The molecule has 9 nitrogen and oxygen atoms in total. The van der Waals surface area contributed by atoms with Crippen LogP contribution in [0.1, 0.15) is 31.2 Å². The van der Waals surface area contributed by atoms with Crippen molar-refractivity contribution in [3.05, 3.63) is 64.5 Å². The van der Waals surface area contributed by atoms with E-state index < -0.39 is 5.63 Å². The molecule has 2 aromatic heterocycles. The Morgan fingerprint density at radius 1 is 1.03 bits per heavy atom. The number of para-hydroxylation sites is 1. The van der Waals surface area contributed by atoms with E-state index in [9.17, 15) is 9.59 Å². The van der Waals surface area contributed by atoms with Crippen LogP contribution in [-0.2, 0) is 11.2 Å². The monoisotopic (exact) mass is 501 g/mol. The van der Waals surface area contributed by atoms with E-state index in [1.54, 1.807) is 19.2 Å². The minimum absolute atomic E-state index is 0.0897. The van der Waals surface area contributed by atoms with E-state index in [0.29, 0.717) is 22.8 Å². The summed E-state index contributed by atoms with van der Waals surface area (Å²) in [6.07, 6.45) is 3.62. The van der Waals surface area contributed by atoms with Crippen molar-refractivity contribution in [2.75, 3.05) is 31.4 Å². The standard InChI is InChI=1S/C28H31N5O4/c1-33(2)27-22-6-4-5-7-23(22)31-28(32-27)30-19-10-8-18(9-11-19)29-25(34)14-17-15-26(35)37-24-16-20(36-3)12-13-21(17)24/h4-7,12-13,15-16,18-19H,8-11,14H2,1-3H3,(H,29,34)(H,30,31,32). The SMILES string of the molecule is COc1ccc2c(CC(=O)NC3CCC(Nc4nc(N(C)C)c5ccccc5n4)CC3)cc(=O)oc2c1. The number of aromatic nitrogens is 2. The second kappa shape index (κ2) is 10.5. The number of benzene rings is 2. The number of amides is 1. The van der Waals surface area contributed by atoms with Crippen LogP contribution in [0.2, 0.25) is 0 Å². The molecule has 1 aliphatic carbocycles. The topological polar surface area (TPSA) is 110 Å². The van der Waals surface area contributed by atoms with Gasteiger partial charge in [-0.3, -0.25) is 4.79 Å². The highest BCUT2D eigenvalue weighted by Crippen LogP contribution is 2.27. The summed E-state index contributed by atoms with van der Waals surface area (Å²) >= 11 is 0. The van der Waals surface area contributed by atoms with Crippen molar-refractivity contribution in [1.29, 1.82) is 0 Å². The van der Waals surface area contributed by atoms with Gasteiger partial charge in [0.05, 0.1) is 19.0 Å². The van der Waals surface area contributed by atoms with Crippen molar-refractivity contribution < 1.29 is 13.9 Å². The summed E-state index contributed by atoms with van der Waals surface area (Å²) in [5, 5.41) is 8.40. The molecule has 9 heteroatoms. The lowest BCUT2D eigenvalue weighted by molar-refractivity contribution is -0.121. The highest BCUT2D eigenvalue weighted by atomic mass is 16.5. The van der Waals surface area contributed by atoms with Crippen molar-refractivity contribution in [2.45, 2.75) is 44.2 Å².